The minimum Gasteiger partial charge on any atom is -0.313 e. The summed E-state index contributed by atoms with van der Waals surface area (Å²) < 4.78 is 2.27. The molecule has 0 saturated carbocycles. The molecule has 0 fully saturated rings. The van der Waals surface area contributed by atoms with Crippen LogP contribution in [0.25, 0.3) is 11.0 Å². The molecular formula is C22H21N3S. The maximum absolute atomic E-state index is 4.84. The van der Waals surface area contributed by atoms with Gasteiger partial charge in [-0.3, -0.25) is 4.98 Å². The zero-order valence-electron chi connectivity index (χ0n) is 15.0. The van der Waals surface area contributed by atoms with Crippen LogP contribution in [0.3, 0.4) is 0 Å². The monoisotopic (exact) mass is 359 g/mol. The summed E-state index contributed by atoms with van der Waals surface area (Å²) in [5.74, 6) is 0.908. The molecule has 0 aliphatic carbocycles. The van der Waals surface area contributed by atoms with E-state index in [-0.39, 0.29) is 0 Å². The summed E-state index contributed by atoms with van der Waals surface area (Å²) in [6.45, 7) is 5.03. The number of imidazole rings is 1. The van der Waals surface area contributed by atoms with Crippen molar-refractivity contribution in [3.63, 3.8) is 0 Å². The first-order valence-corrected chi connectivity index (χ1v) is 9.72. The highest BCUT2D eigenvalue weighted by Crippen LogP contribution is 2.27. The number of aryl methyl sites for hydroxylation is 2. The molecule has 4 heteroatoms. The van der Waals surface area contributed by atoms with Crippen LogP contribution in [-0.2, 0) is 12.3 Å². The molecule has 2 heterocycles. The van der Waals surface area contributed by atoms with Gasteiger partial charge in [-0.25, -0.2) is 4.98 Å². The lowest BCUT2D eigenvalue weighted by Crippen LogP contribution is -2.02. The van der Waals surface area contributed by atoms with Crippen molar-refractivity contribution in [3.05, 3.63) is 89.2 Å². The third kappa shape index (κ3) is 3.65. The van der Waals surface area contributed by atoms with Crippen molar-refractivity contribution in [2.45, 2.75) is 31.3 Å². The SMILES string of the molecule is Cc1ccc(CSc2nc3ccncc3n2Cc2ccc(C)cc2)cc1. The van der Waals surface area contributed by atoms with Gasteiger partial charge in [0.05, 0.1) is 23.8 Å². The highest BCUT2D eigenvalue weighted by Gasteiger charge is 2.12. The van der Waals surface area contributed by atoms with Gasteiger partial charge in [0.15, 0.2) is 5.16 Å². The van der Waals surface area contributed by atoms with Crippen LogP contribution in [0.1, 0.15) is 22.3 Å². The van der Waals surface area contributed by atoms with Gasteiger partial charge < -0.3 is 4.57 Å². The predicted octanol–water partition coefficient (Wildman–Crippen LogP) is 5.39. The molecular weight excluding hydrogens is 338 g/mol. The number of nitrogens with zero attached hydrogens (tertiary/aromatic N) is 3. The summed E-state index contributed by atoms with van der Waals surface area (Å²) in [5, 5.41) is 1.04. The van der Waals surface area contributed by atoms with Gasteiger partial charge in [0.1, 0.15) is 0 Å². The molecule has 0 spiro atoms. The number of hydrogen-bond acceptors (Lipinski definition) is 3. The van der Waals surface area contributed by atoms with Crippen LogP contribution in [0.5, 0.6) is 0 Å². The van der Waals surface area contributed by atoms with E-state index in [1.807, 2.05) is 12.3 Å². The summed E-state index contributed by atoms with van der Waals surface area (Å²) in [6.07, 6.45) is 3.71. The van der Waals surface area contributed by atoms with Crippen molar-refractivity contribution in [1.82, 2.24) is 14.5 Å². The summed E-state index contributed by atoms with van der Waals surface area (Å²) in [6, 6.07) is 19.4. The molecule has 0 aliphatic heterocycles. The molecule has 2 aromatic heterocycles. The van der Waals surface area contributed by atoms with Gasteiger partial charge in [-0.1, -0.05) is 71.4 Å². The zero-order valence-corrected chi connectivity index (χ0v) is 15.8. The van der Waals surface area contributed by atoms with Crippen molar-refractivity contribution in [1.29, 1.82) is 0 Å². The smallest absolute Gasteiger partial charge is 0.169 e. The second kappa shape index (κ2) is 7.34. The average Bonchev–Trinajstić information content (AvgIpc) is 3.01. The fraction of sp³-hybridized carbons (Fsp3) is 0.182. The van der Waals surface area contributed by atoms with Gasteiger partial charge >= 0.3 is 0 Å². The highest BCUT2D eigenvalue weighted by atomic mass is 32.2. The first kappa shape index (κ1) is 16.9. The van der Waals surface area contributed by atoms with Gasteiger partial charge in [-0.15, -0.1) is 0 Å². The molecule has 2 aromatic carbocycles. The molecule has 0 aliphatic rings. The van der Waals surface area contributed by atoms with Crippen molar-refractivity contribution < 1.29 is 0 Å². The lowest BCUT2D eigenvalue weighted by atomic mass is 10.1. The third-order valence-corrected chi connectivity index (χ3v) is 5.51. The van der Waals surface area contributed by atoms with E-state index < -0.39 is 0 Å². The fourth-order valence-corrected chi connectivity index (χ4v) is 3.89. The van der Waals surface area contributed by atoms with Gasteiger partial charge in [0.25, 0.3) is 0 Å². The lowest BCUT2D eigenvalue weighted by molar-refractivity contribution is 0.730. The predicted molar refractivity (Wildman–Crippen MR) is 109 cm³/mol. The molecule has 26 heavy (non-hydrogen) atoms. The summed E-state index contributed by atoms with van der Waals surface area (Å²) in [4.78, 5) is 9.15. The Morgan fingerprint density at radius 2 is 1.50 bits per heavy atom. The van der Waals surface area contributed by atoms with Crippen molar-refractivity contribution in [2.75, 3.05) is 0 Å². The molecule has 0 bridgehead atoms. The van der Waals surface area contributed by atoms with E-state index in [1.165, 1.54) is 22.3 Å². The van der Waals surface area contributed by atoms with Crippen LogP contribution in [0.4, 0.5) is 0 Å². The maximum Gasteiger partial charge on any atom is 0.169 e. The molecule has 0 amide bonds. The van der Waals surface area contributed by atoms with Crippen LogP contribution >= 0.6 is 11.8 Å². The molecule has 0 radical (unpaired) electrons. The maximum atomic E-state index is 4.84. The average molecular weight is 359 g/mol. The van der Waals surface area contributed by atoms with E-state index in [0.29, 0.717) is 0 Å². The minimum atomic E-state index is 0.804. The summed E-state index contributed by atoms with van der Waals surface area (Å²) in [7, 11) is 0. The van der Waals surface area contributed by atoms with E-state index >= 15 is 0 Å². The Hall–Kier alpha value is -2.59. The Morgan fingerprint density at radius 3 is 2.19 bits per heavy atom. The number of thioether (sulfide) groups is 1. The molecule has 0 N–H and O–H groups in total. The molecule has 0 saturated heterocycles. The van der Waals surface area contributed by atoms with Crippen molar-refractivity contribution in [2.24, 2.45) is 0 Å². The van der Waals surface area contributed by atoms with Gasteiger partial charge in [0, 0.05) is 11.9 Å². The first-order chi connectivity index (χ1) is 12.7. The van der Waals surface area contributed by atoms with E-state index in [0.717, 1.165) is 28.5 Å². The summed E-state index contributed by atoms with van der Waals surface area (Å²) >= 11 is 1.78. The van der Waals surface area contributed by atoms with Crippen molar-refractivity contribution >= 4 is 22.8 Å². The Kier molecular flexibility index (Phi) is 4.76. The molecule has 3 nitrogen and oxygen atoms in total. The Morgan fingerprint density at radius 1 is 0.846 bits per heavy atom. The Balaban J connectivity index is 1.64. The highest BCUT2D eigenvalue weighted by molar-refractivity contribution is 7.98. The molecule has 0 unspecified atom stereocenters. The van der Waals surface area contributed by atoms with Crippen LogP contribution in [0, 0.1) is 13.8 Å². The van der Waals surface area contributed by atoms with Crippen LogP contribution in [0.2, 0.25) is 0 Å². The largest absolute Gasteiger partial charge is 0.313 e. The third-order valence-electron chi connectivity index (χ3n) is 4.47. The fourth-order valence-electron chi connectivity index (χ4n) is 2.92. The second-order valence-electron chi connectivity index (χ2n) is 6.60. The van der Waals surface area contributed by atoms with Gasteiger partial charge in [-0.05, 0) is 31.0 Å². The van der Waals surface area contributed by atoms with E-state index in [4.69, 9.17) is 4.98 Å². The molecule has 0 atom stereocenters. The first-order valence-electron chi connectivity index (χ1n) is 8.73. The Bertz CT molecular complexity index is 1020. The van der Waals surface area contributed by atoms with Crippen LogP contribution < -0.4 is 0 Å². The number of fused-ring (bicyclic) bond motifs is 1. The Labute approximate surface area is 158 Å². The van der Waals surface area contributed by atoms with Crippen LogP contribution in [0.15, 0.2) is 72.1 Å². The quantitative estimate of drug-likeness (QED) is 0.448. The lowest BCUT2D eigenvalue weighted by Gasteiger charge is -2.09. The number of pyridine rings is 1. The number of rotatable bonds is 5. The molecule has 4 aromatic rings. The van der Waals surface area contributed by atoms with Crippen LogP contribution in [-0.4, -0.2) is 14.5 Å². The zero-order chi connectivity index (χ0) is 17.9. The molecule has 130 valence electrons. The number of aromatic nitrogens is 3. The van der Waals surface area contributed by atoms with Crippen molar-refractivity contribution in [3.8, 4) is 0 Å². The van der Waals surface area contributed by atoms with E-state index in [2.05, 4.69) is 71.9 Å². The van der Waals surface area contributed by atoms with Gasteiger partial charge in [-0.2, -0.15) is 0 Å². The standard InChI is InChI=1S/C22H21N3S/c1-16-3-7-18(8-4-16)14-25-21-13-23-12-11-20(21)24-22(25)26-15-19-9-5-17(2)6-10-19/h3-13H,14-15H2,1-2H3. The minimum absolute atomic E-state index is 0.804. The normalized spacial score (nSPS) is 11.2. The van der Waals surface area contributed by atoms with Gasteiger partial charge in [0.2, 0.25) is 0 Å². The van der Waals surface area contributed by atoms with E-state index in [9.17, 15) is 0 Å². The molecule has 4 rings (SSSR count). The van der Waals surface area contributed by atoms with E-state index in [1.54, 1.807) is 18.0 Å². The number of hydrogen-bond donors (Lipinski definition) is 0. The number of benzene rings is 2. The summed E-state index contributed by atoms with van der Waals surface area (Å²) in [5.41, 5.74) is 7.23. The second-order valence-corrected chi connectivity index (χ2v) is 7.55. The topological polar surface area (TPSA) is 30.7 Å².